The van der Waals surface area contributed by atoms with Gasteiger partial charge in [0, 0.05) is 12.2 Å². The van der Waals surface area contributed by atoms with Crippen LogP contribution in [-0.2, 0) is 11.3 Å². The van der Waals surface area contributed by atoms with E-state index >= 15 is 0 Å². The molecular weight excluding hydrogens is 324 g/mol. The van der Waals surface area contributed by atoms with E-state index in [9.17, 15) is 0 Å². The molecule has 0 aliphatic carbocycles. The van der Waals surface area contributed by atoms with Gasteiger partial charge >= 0.3 is 0 Å². The first-order valence-corrected chi connectivity index (χ1v) is 9.10. The van der Waals surface area contributed by atoms with Crippen LogP contribution in [0.25, 0.3) is 33.7 Å². The van der Waals surface area contributed by atoms with Crippen molar-refractivity contribution in [2.75, 3.05) is 6.61 Å². The van der Waals surface area contributed by atoms with E-state index in [4.69, 9.17) is 19.7 Å². The molecule has 4 aromatic rings. The summed E-state index contributed by atoms with van der Waals surface area (Å²) >= 11 is 0. The third-order valence-corrected chi connectivity index (χ3v) is 5.05. The lowest BCUT2D eigenvalue weighted by Crippen LogP contribution is -2.16. The molecule has 3 heterocycles. The van der Waals surface area contributed by atoms with Crippen molar-refractivity contribution in [1.29, 1.82) is 0 Å². The number of aromatic nitrogens is 4. The van der Waals surface area contributed by atoms with Gasteiger partial charge < -0.3 is 9.30 Å². The maximum atomic E-state index is 5.89. The van der Waals surface area contributed by atoms with E-state index in [1.54, 1.807) is 0 Å². The van der Waals surface area contributed by atoms with Crippen LogP contribution < -0.4 is 0 Å². The minimum Gasteiger partial charge on any atom is -0.376 e. The number of rotatable bonds is 3. The smallest absolute Gasteiger partial charge is 0.198 e. The average molecular weight is 344 g/mol. The first kappa shape index (κ1) is 15.5. The summed E-state index contributed by atoms with van der Waals surface area (Å²) in [6, 6.07) is 16.3. The maximum Gasteiger partial charge on any atom is 0.198 e. The second kappa shape index (κ2) is 6.18. The van der Waals surface area contributed by atoms with Crippen molar-refractivity contribution in [1.82, 2.24) is 19.5 Å². The first-order chi connectivity index (χ1) is 12.8. The summed E-state index contributed by atoms with van der Waals surface area (Å²) in [6.45, 7) is 3.71. The minimum absolute atomic E-state index is 0.212. The maximum absolute atomic E-state index is 5.89. The van der Waals surface area contributed by atoms with E-state index in [1.807, 2.05) is 24.3 Å². The monoisotopic (exact) mass is 344 g/mol. The lowest BCUT2D eigenvalue weighted by Gasteiger charge is -2.14. The number of ether oxygens (including phenoxy) is 1. The predicted molar refractivity (Wildman–Crippen MR) is 102 cm³/mol. The molecule has 0 unspecified atom stereocenters. The average Bonchev–Trinajstić information content (AvgIpc) is 3.29. The zero-order valence-corrected chi connectivity index (χ0v) is 14.7. The number of benzene rings is 2. The first-order valence-electron chi connectivity index (χ1n) is 9.10. The van der Waals surface area contributed by atoms with Gasteiger partial charge in [0.2, 0.25) is 0 Å². The summed E-state index contributed by atoms with van der Waals surface area (Å²) in [5.41, 5.74) is 5.61. The molecule has 1 saturated heterocycles. The van der Waals surface area contributed by atoms with Crippen LogP contribution in [0, 0.1) is 6.92 Å². The number of aryl methyl sites for hydroxylation is 1. The molecule has 1 aliphatic heterocycles. The fourth-order valence-corrected chi connectivity index (χ4v) is 3.69. The molecule has 0 bridgehead atoms. The molecule has 130 valence electrons. The van der Waals surface area contributed by atoms with E-state index in [2.05, 4.69) is 35.8 Å². The number of para-hydroxylation sites is 2. The molecule has 0 amide bonds. The van der Waals surface area contributed by atoms with Gasteiger partial charge in [-0.25, -0.2) is 15.0 Å². The van der Waals surface area contributed by atoms with Crippen LogP contribution in [-0.4, -0.2) is 32.2 Å². The van der Waals surface area contributed by atoms with Crippen molar-refractivity contribution in [3.63, 3.8) is 0 Å². The molecule has 0 spiro atoms. The third-order valence-electron chi connectivity index (χ3n) is 5.05. The lowest BCUT2D eigenvalue weighted by atomic mass is 10.1. The molecule has 1 atom stereocenters. The summed E-state index contributed by atoms with van der Waals surface area (Å²) in [7, 11) is 0. The van der Waals surface area contributed by atoms with E-state index in [0.717, 1.165) is 54.1 Å². The molecule has 2 aromatic carbocycles. The Morgan fingerprint density at radius 3 is 2.54 bits per heavy atom. The number of fused-ring (bicyclic) bond motifs is 2. The van der Waals surface area contributed by atoms with Gasteiger partial charge in [0.15, 0.2) is 11.3 Å². The fraction of sp³-hybridized carbons (Fsp3) is 0.286. The van der Waals surface area contributed by atoms with Gasteiger partial charge in [0.25, 0.3) is 0 Å². The quantitative estimate of drug-likeness (QED) is 0.561. The van der Waals surface area contributed by atoms with Crippen LogP contribution in [0.3, 0.4) is 0 Å². The Bertz CT molecular complexity index is 1100. The van der Waals surface area contributed by atoms with Gasteiger partial charge in [0.1, 0.15) is 5.82 Å². The second-order valence-electron chi connectivity index (χ2n) is 6.86. The summed E-state index contributed by atoms with van der Waals surface area (Å²) in [5, 5.41) is 0. The summed E-state index contributed by atoms with van der Waals surface area (Å²) < 4.78 is 8.07. The molecule has 0 N–H and O–H groups in total. The number of hydrogen-bond acceptors (Lipinski definition) is 4. The molecule has 2 aromatic heterocycles. The van der Waals surface area contributed by atoms with Gasteiger partial charge in [0.05, 0.1) is 23.7 Å². The highest BCUT2D eigenvalue weighted by Crippen LogP contribution is 2.28. The van der Waals surface area contributed by atoms with Gasteiger partial charge in [-0.05, 0) is 37.5 Å². The Labute approximate surface area is 151 Å². The lowest BCUT2D eigenvalue weighted by molar-refractivity contribution is 0.0981. The normalized spacial score (nSPS) is 17.3. The van der Waals surface area contributed by atoms with Crippen molar-refractivity contribution >= 4 is 22.3 Å². The molecular formula is C21H20N4O. The van der Waals surface area contributed by atoms with Gasteiger partial charge in [-0.1, -0.05) is 36.4 Å². The Morgan fingerprint density at radius 1 is 1.00 bits per heavy atom. The van der Waals surface area contributed by atoms with Crippen molar-refractivity contribution in [2.45, 2.75) is 32.4 Å². The highest BCUT2D eigenvalue weighted by atomic mass is 16.5. The van der Waals surface area contributed by atoms with Crippen LogP contribution in [0.1, 0.15) is 18.4 Å². The SMILES string of the molecule is Cc1ccccc1-c1nc2nc3ccccc3nc2n1C[C@H]1CCCO1. The van der Waals surface area contributed by atoms with Crippen molar-refractivity contribution < 1.29 is 4.74 Å². The van der Waals surface area contributed by atoms with Crippen LogP contribution in [0.4, 0.5) is 0 Å². The Hall–Kier alpha value is -2.79. The zero-order valence-electron chi connectivity index (χ0n) is 14.7. The summed E-state index contributed by atoms with van der Waals surface area (Å²) in [6.07, 6.45) is 2.41. The van der Waals surface area contributed by atoms with E-state index in [-0.39, 0.29) is 6.10 Å². The zero-order chi connectivity index (χ0) is 17.5. The Morgan fingerprint density at radius 2 is 1.77 bits per heavy atom. The van der Waals surface area contributed by atoms with Crippen LogP contribution >= 0.6 is 0 Å². The van der Waals surface area contributed by atoms with Gasteiger partial charge in [-0.3, -0.25) is 0 Å². The van der Waals surface area contributed by atoms with Crippen molar-refractivity contribution in [3.8, 4) is 11.4 Å². The van der Waals surface area contributed by atoms with Crippen LogP contribution in [0.15, 0.2) is 48.5 Å². The molecule has 1 aliphatic rings. The number of imidazole rings is 1. The summed E-state index contributed by atoms with van der Waals surface area (Å²) in [5.74, 6) is 0.920. The van der Waals surface area contributed by atoms with Gasteiger partial charge in [-0.2, -0.15) is 0 Å². The van der Waals surface area contributed by atoms with Crippen molar-refractivity contribution in [3.05, 3.63) is 54.1 Å². The minimum atomic E-state index is 0.212. The van der Waals surface area contributed by atoms with Gasteiger partial charge in [-0.15, -0.1) is 0 Å². The highest BCUT2D eigenvalue weighted by molar-refractivity contribution is 5.85. The molecule has 26 heavy (non-hydrogen) atoms. The van der Waals surface area contributed by atoms with Crippen molar-refractivity contribution in [2.24, 2.45) is 0 Å². The Kier molecular flexibility index (Phi) is 3.68. The van der Waals surface area contributed by atoms with E-state index in [1.165, 1.54) is 5.56 Å². The molecule has 1 fully saturated rings. The molecule has 5 nitrogen and oxygen atoms in total. The largest absolute Gasteiger partial charge is 0.376 e. The van der Waals surface area contributed by atoms with E-state index in [0.29, 0.717) is 5.65 Å². The highest BCUT2D eigenvalue weighted by Gasteiger charge is 2.22. The molecule has 0 radical (unpaired) electrons. The molecule has 0 saturated carbocycles. The number of nitrogens with zero attached hydrogens (tertiary/aromatic N) is 4. The Balaban J connectivity index is 1.76. The topological polar surface area (TPSA) is 52.8 Å². The third kappa shape index (κ3) is 2.56. The summed E-state index contributed by atoms with van der Waals surface area (Å²) in [4.78, 5) is 14.5. The fourth-order valence-electron chi connectivity index (χ4n) is 3.69. The molecule has 5 heteroatoms. The predicted octanol–water partition coefficient (Wildman–Crippen LogP) is 4.13. The second-order valence-corrected chi connectivity index (χ2v) is 6.86. The standard InChI is InChI=1S/C21H20N4O/c1-14-7-2-3-9-16(14)20-24-19-21(25(20)13-15-8-6-12-26-15)23-18-11-5-4-10-17(18)22-19/h2-5,7,9-11,15H,6,8,12-13H2,1H3/t15-/m1/s1. The van der Waals surface area contributed by atoms with Crippen LogP contribution in [0.2, 0.25) is 0 Å². The molecule has 5 rings (SSSR count). The van der Waals surface area contributed by atoms with E-state index < -0.39 is 0 Å². The number of hydrogen-bond donors (Lipinski definition) is 0. The van der Waals surface area contributed by atoms with Crippen LogP contribution in [0.5, 0.6) is 0 Å².